The number of hydrogen-bond donors (Lipinski definition) is 0. The Kier molecular flexibility index (Phi) is 8.16. The van der Waals surface area contributed by atoms with Crippen LogP contribution in [-0.2, 0) is 0 Å². The molecule has 2 heteroatoms. The Morgan fingerprint density at radius 2 is 1.02 bits per heavy atom. The van der Waals surface area contributed by atoms with Gasteiger partial charge in [-0.3, -0.25) is 0 Å². The molecule has 0 fully saturated rings. The van der Waals surface area contributed by atoms with Crippen LogP contribution in [-0.4, -0.2) is 0 Å². The SMILES string of the molecule is CC1C=C(c2ccc(N(c3ccc(-c4cccc(-c5ccccc5)c4)cc3)c3cccc(-c4ccc5sc6ccccc6c5c4)c3)cc2)C=CC1. The molecule has 51 heavy (non-hydrogen) atoms. The van der Waals surface area contributed by atoms with Gasteiger partial charge in [0.25, 0.3) is 0 Å². The summed E-state index contributed by atoms with van der Waals surface area (Å²) in [5, 5.41) is 2.64. The summed E-state index contributed by atoms with van der Waals surface area (Å²) in [6.07, 6.45) is 8.04. The number of anilines is 3. The largest absolute Gasteiger partial charge is 0.310 e. The highest BCUT2D eigenvalue weighted by molar-refractivity contribution is 7.25. The van der Waals surface area contributed by atoms with Crippen LogP contribution >= 0.6 is 11.3 Å². The first-order chi connectivity index (χ1) is 25.2. The van der Waals surface area contributed by atoms with Crippen LogP contribution < -0.4 is 4.90 Å². The second-order valence-electron chi connectivity index (χ2n) is 13.5. The number of hydrogen-bond acceptors (Lipinski definition) is 2. The molecule has 1 heterocycles. The molecule has 0 spiro atoms. The minimum Gasteiger partial charge on any atom is -0.310 e. The minimum atomic E-state index is 0.558. The van der Waals surface area contributed by atoms with Crippen molar-refractivity contribution in [3.8, 4) is 33.4 Å². The smallest absolute Gasteiger partial charge is 0.0467 e. The fourth-order valence-corrected chi connectivity index (χ4v) is 8.41. The molecule has 1 aliphatic carbocycles. The second kappa shape index (κ2) is 13.4. The van der Waals surface area contributed by atoms with Crippen molar-refractivity contribution in [1.29, 1.82) is 0 Å². The summed E-state index contributed by atoms with van der Waals surface area (Å²) < 4.78 is 2.65. The molecule has 1 unspecified atom stereocenters. The molecule has 0 aliphatic heterocycles. The molecule has 244 valence electrons. The zero-order chi connectivity index (χ0) is 34.1. The third-order valence-corrected chi connectivity index (χ3v) is 11.1. The third kappa shape index (κ3) is 6.20. The lowest BCUT2D eigenvalue weighted by molar-refractivity contribution is 0.740. The van der Waals surface area contributed by atoms with Crippen molar-refractivity contribution in [3.63, 3.8) is 0 Å². The van der Waals surface area contributed by atoms with E-state index in [-0.39, 0.29) is 0 Å². The van der Waals surface area contributed by atoms with Gasteiger partial charge in [0.05, 0.1) is 0 Å². The molecule has 8 aromatic rings. The van der Waals surface area contributed by atoms with Crippen LogP contribution in [0.1, 0.15) is 18.9 Å². The van der Waals surface area contributed by atoms with Gasteiger partial charge in [-0.15, -0.1) is 11.3 Å². The van der Waals surface area contributed by atoms with Crippen LogP contribution in [0.4, 0.5) is 17.1 Å². The van der Waals surface area contributed by atoms with E-state index in [1.807, 2.05) is 11.3 Å². The highest BCUT2D eigenvalue weighted by Crippen LogP contribution is 2.40. The monoisotopic (exact) mass is 671 g/mol. The van der Waals surface area contributed by atoms with Gasteiger partial charge in [0.1, 0.15) is 0 Å². The Bertz CT molecular complexity index is 2550. The molecule has 0 radical (unpaired) electrons. The molecule has 1 nitrogen and oxygen atoms in total. The Morgan fingerprint density at radius 1 is 0.451 bits per heavy atom. The van der Waals surface area contributed by atoms with Crippen LogP contribution in [0.3, 0.4) is 0 Å². The third-order valence-electron chi connectivity index (χ3n) is 9.97. The Morgan fingerprint density at radius 3 is 1.76 bits per heavy atom. The van der Waals surface area contributed by atoms with E-state index in [1.165, 1.54) is 64.7 Å². The first kappa shape index (κ1) is 31.1. The number of rotatable bonds is 7. The molecule has 0 saturated carbocycles. The van der Waals surface area contributed by atoms with E-state index in [0.29, 0.717) is 5.92 Å². The standard InChI is InChI=1S/C49H37NS/c1-34-10-7-13-38(30-34)36-20-25-43(26-21-36)50(44-27-22-37(23-28-44)40-15-8-14-39(31-40)35-11-3-2-4-12-35)45-17-9-16-41(32-45)42-24-29-49-47(33-42)46-18-5-6-19-48(46)51-49/h2-9,11-34H,10H2,1H3. The quantitative estimate of drug-likeness (QED) is 0.163. The van der Waals surface area contributed by atoms with Crippen molar-refractivity contribution >= 4 is 54.1 Å². The molecule has 1 aliphatic rings. The van der Waals surface area contributed by atoms with Crippen molar-refractivity contribution in [3.05, 3.63) is 194 Å². The molecule has 1 atom stereocenters. The van der Waals surface area contributed by atoms with Gasteiger partial charge in [-0.1, -0.05) is 134 Å². The molecule has 0 amide bonds. The lowest BCUT2D eigenvalue weighted by Crippen LogP contribution is -2.10. The number of nitrogens with zero attached hydrogens (tertiary/aromatic N) is 1. The normalized spacial score (nSPS) is 14.1. The van der Waals surface area contributed by atoms with Crippen molar-refractivity contribution in [1.82, 2.24) is 0 Å². The maximum atomic E-state index is 2.38. The first-order valence-corrected chi connectivity index (χ1v) is 18.5. The maximum Gasteiger partial charge on any atom is 0.0467 e. The number of fused-ring (bicyclic) bond motifs is 3. The average Bonchev–Trinajstić information content (AvgIpc) is 3.57. The number of allylic oxidation sites excluding steroid dienone is 4. The summed E-state index contributed by atoms with van der Waals surface area (Å²) >= 11 is 1.86. The summed E-state index contributed by atoms with van der Waals surface area (Å²) in [4.78, 5) is 2.38. The van der Waals surface area contributed by atoms with Gasteiger partial charge in [0, 0.05) is 37.2 Å². The van der Waals surface area contributed by atoms with Crippen LogP contribution in [0, 0.1) is 5.92 Å². The van der Waals surface area contributed by atoms with Crippen molar-refractivity contribution in [2.75, 3.05) is 4.90 Å². The summed E-state index contributed by atoms with van der Waals surface area (Å²) in [6.45, 7) is 2.28. The summed E-state index contributed by atoms with van der Waals surface area (Å²) in [6, 6.07) is 62.0. The highest BCUT2D eigenvalue weighted by Gasteiger charge is 2.16. The molecule has 7 aromatic carbocycles. The Balaban J connectivity index is 1.11. The van der Waals surface area contributed by atoms with E-state index < -0.39 is 0 Å². The summed E-state index contributed by atoms with van der Waals surface area (Å²) in [7, 11) is 0. The van der Waals surface area contributed by atoms with Crippen molar-refractivity contribution in [2.24, 2.45) is 5.92 Å². The van der Waals surface area contributed by atoms with Gasteiger partial charge in [0.2, 0.25) is 0 Å². The molecular weight excluding hydrogens is 635 g/mol. The van der Waals surface area contributed by atoms with E-state index >= 15 is 0 Å². The molecule has 9 rings (SSSR count). The molecule has 1 aromatic heterocycles. The number of thiophene rings is 1. The molecule has 0 saturated heterocycles. The van der Waals surface area contributed by atoms with Crippen LogP contribution in [0.15, 0.2) is 188 Å². The highest BCUT2D eigenvalue weighted by atomic mass is 32.1. The fourth-order valence-electron chi connectivity index (χ4n) is 7.32. The zero-order valence-corrected chi connectivity index (χ0v) is 29.4. The van der Waals surface area contributed by atoms with E-state index in [0.717, 1.165) is 23.5 Å². The molecular formula is C49H37NS. The van der Waals surface area contributed by atoms with E-state index in [9.17, 15) is 0 Å². The maximum absolute atomic E-state index is 2.38. The zero-order valence-electron chi connectivity index (χ0n) is 28.5. The van der Waals surface area contributed by atoms with Crippen LogP contribution in [0.5, 0.6) is 0 Å². The van der Waals surface area contributed by atoms with Gasteiger partial charge in [-0.05, 0) is 118 Å². The van der Waals surface area contributed by atoms with Gasteiger partial charge < -0.3 is 4.90 Å². The van der Waals surface area contributed by atoms with E-state index in [1.54, 1.807) is 0 Å². The molecule has 0 bridgehead atoms. The Hall–Kier alpha value is -5.96. The molecule has 0 N–H and O–H groups in total. The van der Waals surface area contributed by atoms with Crippen LogP contribution in [0.25, 0.3) is 59.1 Å². The van der Waals surface area contributed by atoms with Crippen molar-refractivity contribution < 1.29 is 0 Å². The fraction of sp³-hybridized carbons (Fsp3) is 0.0612. The average molecular weight is 672 g/mol. The van der Waals surface area contributed by atoms with Crippen molar-refractivity contribution in [2.45, 2.75) is 13.3 Å². The van der Waals surface area contributed by atoms with Gasteiger partial charge in [-0.2, -0.15) is 0 Å². The van der Waals surface area contributed by atoms with E-state index in [2.05, 4.69) is 200 Å². The second-order valence-corrected chi connectivity index (χ2v) is 14.6. The van der Waals surface area contributed by atoms with Gasteiger partial charge in [-0.25, -0.2) is 0 Å². The van der Waals surface area contributed by atoms with Crippen LogP contribution in [0.2, 0.25) is 0 Å². The predicted molar refractivity (Wildman–Crippen MR) is 221 cm³/mol. The predicted octanol–water partition coefficient (Wildman–Crippen LogP) is 14.5. The summed E-state index contributed by atoms with van der Waals surface area (Å²) in [5.41, 5.74) is 13.2. The topological polar surface area (TPSA) is 3.24 Å². The van der Waals surface area contributed by atoms with E-state index in [4.69, 9.17) is 0 Å². The number of benzene rings is 7. The lowest BCUT2D eigenvalue weighted by atomic mass is 9.93. The first-order valence-electron chi connectivity index (χ1n) is 17.7. The van der Waals surface area contributed by atoms with Gasteiger partial charge >= 0.3 is 0 Å². The Labute approximate surface area is 304 Å². The lowest BCUT2D eigenvalue weighted by Gasteiger charge is -2.26. The summed E-state index contributed by atoms with van der Waals surface area (Å²) in [5.74, 6) is 0.558. The minimum absolute atomic E-state index is 0.558. The van der Waals surface area contributed by atoms with Gasteiger partial charge in [0.15, 0.2) is 0 Å².